The number of aromatic hydroxyl groups is 7. The molecule has 18 nitrogen and oxygen atoms in total. The average molecular weight is 715 g/mol. The molecule has 1 aliphatic rings. The van der Waals surface area contributed by atoms with Gasteiger partial charge in [0.1, 0.15) is 35.7 Å². The van der Waals surface area contributed by atoms with Crippen molar-refractivity contribution in [1.29, 1.82) is 0 Å². The van der Waals surface area contributed by atoms with Crippen LogP contribution < -0.4 is 15.2 Å². The SMILES string of the molecule is NCCOCCOCCOCCn1cc(COc2c(O)cc(C(=O)O[C@@H]3Cc4c(O)cc(O)cc4O[C@@H]3c3cc(O)c(O)c(O)c3)cc2O)nn1. The molecule has 3 aromatic carbocycles. The topological polar surface area (TPSA) is 271 Å². The van der Waals surface area contributed by atoms with Gasteiger partial charge in [-0.2, -0.15) is 0 Å². The Bertz CT molecular complexity index is 1770. The van der Waals surface area contributed by atoms with Gasteiger partial charge in [0.15, 0.2) is 34.9 Å². The van der Waals surface area contributed by atoms with E-state index in [1.807, 2.05) is 0 Å². The Morgan fingerprint density at radius 2 is 1.47 bits per heavy atom. The van der Waals surface area contributed by atoms with Gasteiger partial charge in [-0.25, -0.2) is 9.48 Å². The maximum Gasteiger partial charge on any atom is 0.338 e. The highest BCUT2D eigenvalue weighted by Gasteiger charge is 2.37. The van der Waals surface area contributed by atoms with Crippen molar-refractivity contribution in [3.8, 4) is 51.7 Å². The van der Waals surface area contributed by atoms with E-state index in [1.54, 1.807) is 6.20 Å². The minimum Gasteiger partial charge on any atom is -0.508 e. The second-order valence-corrected chi connectivity index (χ2v) is 11.3. The minimum atomic E-state index is -1.21. The van der Waals surface area contributed by atoms with Crippen molar-refractivity contribution < 1.29 is 69.0 Å². The van der Waals surface area contributed by atoms with Crippen LogP contribution in [0.25, 0.3) is 0 Å². The first kappa shape index (κ1) is 36.6. The monoisotopic (exact) mass is 714 g/mol. The van der Waals surface area contributed by atoms with Gasteiger partial charge in [0.25, 0.3) is 0 Å². The molecule has 0 saturated heterocycles. The fraction of sp³-hybridized carbons (Fsp3) is 0.364. The van der Waals surface area contributed by atoms with Crippen LogP contribution in [0.4, 0.5) is 0 Å². The second kappa shape index (κ2) is 16.8. The van der Waals surface area contributed by atoms with Crippen molar-refractivity contribution in [2.24, 2.45) is 5.73 Å². The number of phenols is 7. The van der Waals surface area contributed by atoms with E-state index in [1.165, 1.54) is 10.7 Å². The van der Waals surface area contributed by atoms with Gasteiger partial charge < -0.3 is 69.9 Å². The first-order valence-electron chi connectivity index (χ1n) is 15.7. The smallest absolute Gasteiger partial charge is 0.338 e. The molecule has 0 bridgehead atoms. The summed E-state index contributed by atoms with van der Waals surface area (Å²) in [5, 5.41) is 79.7. The number of aromatic nitrogens is 3. The van der Waals surface area contributed by atoms with Gasteiger partial charge >= 0.3 is 5.97 Å². The van der Waals surface area contributed by atoms with Crippen molar-refractivity contribution in [1.82, 2.24) is 15.0 Å². The fourth-order valence-corrected chi connectivity index (χ4v) is 5.14. The van der Waals surface area contributed by atoms with Gasteiger partial charge in [-0.05, 0) is 24.3 Å². The average Bonchev–Trinajstić information content (AvgIpc) is 3.54. The van der Waals surface area contributed by atoms with E-state index in [0.29, 0.717) is 58.4 Å². The number of nitrogens with zero attached hydrogens (tertiary/aromatic N) is 3. The molecular weight excluding hydrogens is 676 g/mol. The summed E-state index contributed by atoms with van der Waals surface area (Å²) in [4.78, 5) is 13.3. The van der Waals surface area contributed by atoms with Crippen molar-refractivity contribution in [3.05, 3.63) is 65.0 Å². The predicted molar refractivity (Wildman–Crippen MR) is 173 cm³/mol. The summed E-state index contributed by atoms with van der Waals surface area (Å²) in [6.07, 6.45) is -0.970. The van der Waals surface area contributed by atoms with Crippen molar-refractivity contribution >= 4 is 5.97 Å². The van der Waals surface area contributed by atoms with Crippen LogP contribution in [0.15, 0.2) is 42.6 Å². The van der Waals surface area contributed by atoms with Crippen molar-refractivity contribution in [2.75, 3.05) is 46.2 Å². The molecule has 2 atom stereocenters. The number of rotatable bonds is 17. The number of esters is 1. The zero-order valence-corrected chi connectivity index (χ0v) is 27.2. The molecule has 0 amide bonds. The van der Waals surface area contributed by atoms with Gasteiger partial charge in [-0.3, -0.25) is 0 Å². The quantitative estimate of drug-likeness (QED) is 0.0439. The van der Waals surface area contributed by atoms with E-state index in [2.05, 4.69) is 10.3 Å². The van der Waals surface area contributed by atoms with E-state index >= 15 is 0 Å². The molecule has 0 aliphatic carbocycles. The Balaban J connectivity index is 1.18. The number of carbonyl (C=O) groups is 1. The number of nitrogens with two attached hydrogens (primary N) is 1. The summed E-state index contributed by atoms with van der Waals surface area (Å²) >= 11 is 0. The Hall–Kier alpha value is -5.69. The standard InChI is InChI=1S/C33H38N4O14/c34-1-3-46-5-7-48-8-6-47-4-2-37-16-20(35-36-37)17-49-32-26(42)11-19(12-27(32)43)33(45)51-29-15-22-23(39)13-21(38)14-28(22)50-31(29)18-9-24(40)30(44)25(41)10-18/h9-14,16,29,31,38-44H,1-8,15,17,34H2/t29-,31-/m1/s1. The molecule has 0 spiro atoms. The van der Waals surface area contributed by atoms with Gasteiger partial charge in [-0.15, -0.1) is 5.10 Å². The fourth-order valence-electron chi connectivity index (χ4n) is 5.14. The van der Waals surface area contributed by atoms with Crippen molar-refractivity contribution in [3.63, 3.8) is 0 Å². The number of phenolic OH excluding ortho intramolecular Hbond substituents is 7. The molecule has 5 rings (SSSR count). The number of carbonyl (C=O) groups excluding carboxylic acids is 1. The Morgan fingerprint density at radius 1 is 0.824 bits per heavy atom. The van der Waals surface area contributed by atoms with Gasteiger partial charge in [0, 0.05) is 36.2 Å². The molecule has 18 heteroatoms. The lowest BCUT2D eigenvalue weighted by molar-refractivity contribution is -0.0189. The summed E-state index contributed by atoms with van der Waals surface area (Å²) in [5.41, 5.74) is 5.72. The van der Waals surface area contributed by atoms with E-state index in [-0.39, 0.29) is 52.7 Å². The molecule has 9 N–H and O–H groups in total. The predicted octanol–water partition coefficient (Wildman–Crippen LogP) is 1.71. The number of fused-ring (bicyclic) bond motifs is 1. The Kier molecular flexibility index (Phi) is 12.1. The highest BCUT2D eigenvalue weighted by atomic mass is 16.6. The lowest BCUT2D eigenvalue weighted by Gasteiger charge is -2.34. The first-order valence-corrected chi connectivity index (χ1v) is 15.7. The van der Waals surface area contributed by atoms with Crippen LogP contribution in [0.3, 0.4) is 0 Å². The highest BCUT2D eigenvalue weighted by molar-refractivity contribution is 5.91. The molecule has 51 heavy (non-hydrogen) atoms. The molecule has 0 radical (unpaired) electrons. The summed E-state index contributed by atoms with van der Waals surface area (Å²) in [5.74, 6) is -5.25. The summed E-state index contributed by atoms with van der Waals surface area (Å²) < 4.78 is 34.8. The van der Waals surface area contributed by atoms with Crippen LogP contribution in [0.2, 0.25) is 0 Å². The molecule has 274 valence electrons. The summed E-state index contributed by atoms with van der Waals surface area (Å²) in [6.45, 7) is 3.21. The van der Waals surface area contributed by atoms with Gasteiger partial charge in [0.05, 0.1) is 57.9 Å². The van der Waals surface area contributed by atoms with Crippen LogP contribution in [0.5, 0.6) is 51.7 Å². The number of hydrogen-bond acceptors (Lipinski definition) is 17. The molecule has 0 fully saturated rings. The van der Waals surface area contributed by atoms with Crippen LogP contribution in [-0.2, 0) is 38.5 Å². The van der Waals surface area contributed by atoms with Gasteiger partial charge in [0.2, 0.25) is 5.75 Å². The molecule has 0 saturated carbocycles. The molecule has 1 aliphatic heterocycles. The maximum absolute atomic E-state index is 13.3. The van der Waals surface area contributed by atoms with E-state index < -0.39 is 46.9 Å². The molecule has 1 aromatic heterocycles. The normalized spacial score (nSPS) is 15.2. The third kappa shape index (κ3) is 9.31. The van der Waals surface area contributed by atoms with Crippen LogP contribution in [-0.4, -0.2) is 109 Å². The van der Waals surface area contributed by atoms with Gasteiger partial charge in [-0.1, -0.05) is 5.21 Å². The summed E-state index contributed by atoms with van der Waals surface area (Å²) in [6, 6.07) is 6.52. The Morgan fingerprint density at radius 3 is 2.14 bits per heavy atom. The lowest BCUT2D eigenvalue weighted by Crippen LogP contribution is -2.34. The molecule has 4 aromatic rings. The Labute approximate surface area is 290 Å². The highest BCUT2D eigenvalue weighted by Crippen LogP contribution is 2.46. The minimum absolute atomic E-state index is 0.0456. The van der Waals surface area contributed by atoms with E-state index in [9.17, 15) is 40.5 Å². The molecule has 0 unspecified atom stereocenters. The van der Waals surface area contributed by atoms with Crippen LogP contribution >= 0.6 is 0 Å². The van der Waals surface area contributed by atoms with Crippen molar-refractivity contribution in [2.45, 2.75) is 31.8 Å². The largest absolute Gasteiger partial charge is 0.508 e. The van der Waals surface area contributed by atoms with Crippen LogP contribution in [0, 0.1) is 0 Å². The zero-order chi connectivity index (χ0) is 36.5. The van der Waals surface area contributed by atoms with E-state index in [4.69, 9.17) is 34.2 Å². The second-order valence-electron chi connectivity index (χ2n) is 11.3. The lowest BCUT2D eigenvalue weighted by atomic mass is 9.93. The third-order valence-corrected chi connectivity index (χ3v) is 7.55. The molecular formula is C33H38N4O14. The maximum atomic E-state index is 13.3. The zero-order valence-electron chi connectivity index (χ0n) is 27.2. The number of benzene rings is 3. The summed E-state index contributed by atoms with van der Waals surface area (Å²) in [7, 11) is 0. The molecule has 2 heterocycles. The van der Waals surface area contributed by atoms with E-state index in [0.717, 1.165) is 30.3 Å². The number of ether oxygens (including phenoxy) is 6. The first-order chi connectivity index (χ1) is 24.5. The number of hydrogen-bond donors (Lipinski definition) is 8. The third-order valence-electron chi connectivity index (χ3n) is 7.55. The van der Waals surface area contributed by atoms with Crippen LogP contribution in [0.1, 0.15) is 33.3 Å².